The highest BCUT2D eigenvalue weighted by atomic mass is 35.5. The van der Waals surface area contributed by atoms with Crippen LogP contribution in [-0.2, 0) is 11.3 Å². The molecule has 0 saturated heterocycles. The smallest absolute Gasteiger partial charge is 0.324 e. The summed E-state index contributed by atoms with van der Waals surface area (Å²) in [5.41, 5.74) is 2.55. The Morgan fingerprint density at radius 3 is 2.51 bits per heavy atom. The highest BCUT2D eigenvalue weighted by Gasteiger charge is 2.38. The van der Waals surface area contributed by atoms with Crippen LogP contribution in [0.3, 0.4) is 0 Å². The van der Waals surface area contributed by atoms with Gasteiger partial charge in [0.25, 0.3) is 11.5 Å². The van der Waals surface area contributed by atoms with Gasteiger partial charge in [-0.25, -0.2) is 9.78 Å². The van der Waals surface area contributed by atoms with E-state index >= 15 is 0 Å². The van der Waals surface area contributed by atoms with Gasteiger partial charge in [-0.2, -0.15) is 0 Å². The summed E-state index contributed by atoms with van der Waals surface area (Å²) in [6.45, 7) is 0.275. The third-order valence-electron chi connectivity index (χ3n) is 5.61. The Kier molecular flexibility index (Phi) is 5.99. The van der Waals surface area contributed by atoms with Gasteiger partial charge in [0.05, 0.1) is 11.2 Å². The summed E-state index contributed by atoms with van der Waals surface area (Å²) in [6, 6.07) is 16.2. The van der Waals surface area contributed by atoms with Crippen molar-refractivity contribution in [2.24, 2.45) is 0 Å². The number of aromatic nitrogens is 3. The average Bonchev–Trinajstić information content (AvgIpc) is 3.26. The van der Waals surface area contributed by atoms with Crippen LogP contribution >= 0.6 is 11.6 Å². The van der Waals surface area contributed by atoms with Crippen molar-refractivity contribution in [2.75, 3.05) is 10.6 Å². The second-order valence-corrected chi connectivity index (χ2v) is 8.28. The van der Waals surface area contributed by atoms with Crippen LogP contribution < -0.4 is 16.2 Å². The van der Waals surface area contributed by atoms with Crippen molar-refractivity contribution in [3.05, 3.63) is 112 Å². The van der Waals surface area contributed by atoms with Gasteiger partial charge < -0.3 is 10.2 Å². The van der Waals surface area contributed by atoms with Gasteiger partial charge in [-0.05, 0) is 47.5 Å². The molecule has 1 aliphatic rings. The summed E-state index contributed by atoms with van der Waals surface area (Å²) in [5.74, 6) is -0.0283. The molecule has 1 aliphatic heterocycles. The van der Waals surface area contributed by atoms with Crippen LogP contribution in [0.15, 0.2) is 90.2 Å². The second kappa shape index (κ2) is 9.40. The molecule has 2 N–H and O–H groups in total. The number of carbonyl (C=O) groups excluding carboxylic acids is 2. The molecule has 0 spiro atoms. The van der Waals surface area contributed by atoms with E-state index in [9.17, 15) is 14.4 Å². The Morgan fingerprint density at radius 1 is 0.971 bits per heavy atom. The lowest BCUT2D eigenvalue weighted by Crippen LogP contribution is -2.39. The Labute approximate surface area is 205 Å². The van der Waals surface area contributed by atoms with Gasteiger partial charge in [-0.15, -0.1) is 0 Å². The standard InChI is InChI=1S/C25H19ClN6O3/c26-17-5-10-21(28-13-17)30-25(35)32-15-16-3-1-2-4-20(16)23(32)24(34)29-18-6-8-19(9-7-18)31-12-11-27-14-22(31)33/h1-14,23H,15H2,(H,29,34)(H,28,30,35)/t23-/m1/s1. The molecule has 3 heterocycles. The van der Waals surface area contributed by atoms with Crippen molar-refractivity contribution >= 4 is 35.0 Å². The quantitative estimate of drug-likeness (QED) is 0.453. The van der Waals surface area contributed by atoms with Crippen LogP contribution in [0, 0.1) is 0 Å². The van der Waals surface area contributed by atoms with Crippen molar-refractivity contribution < 1.29 is 9.59 Å². The number of pyridine rings is 1. The first-order valence-corrected chi connectivity index (χ1v) is 11.1. The van der Waals surface area contributed by atoms with Gasteiger partial charge in [-0.3, -0.25) is 24.5 Å². The number of nitrogens with one attached hydrogen (secondary N) is 2. The minimum Gasteiger partial charge on any atom is -0.324 e. The molecule has 4 aromatic rings. The van der Waals surface area contributed by atoms with E-state index in [2.05, 4.69) is 20.6 Å². The monoisotopic (exact) mass is 486 g/mol. The zero-order chi connectivity index (χ0) is 24.4. The molecular formula is C25H19ClN6O3. The SMILES string of the molecule is O=C(Nc1ccc(-n2ccncc2=O)cc1)[C@H]1c2ccccc2CN1C(=O)Nc1ccc(Cl)cn1. The van der Waals surface area contributed by atoms with Crippen molar-refractivity contribution in [1.29, 1.82) is 0 Å². The van der Waals surface area contributed by atoms with Gasteiger partial charge in [0.15, 0.2) is 0 Å². The predicted octanol–water partition coefficient (Wildman–Crippen LogP) is 4.01. The molecule has 3 amide bonds. The molecule has 0 saturated carbocycles. The fourth-order valence-electron chi connectivity index (χ4n) is 3.97. The summed E-state index contributed by atoms with van der Waals surface area (Å²) in [7, 11) is 0. The Hall–Kier alpha value is -4.50. The molecule has 10 heteroatoms. The summed E-state index contributed by atoms with van der Waals surface area (Å²) in [6.07, 6.45) is 5.75. The number of benzene rings is 2. The topological polar surface area (TPSA) is 109 Å². The molecule has 0 aliphatic carbocycles. The lowest BCUT2D eigenvalue weighted by Gasteiger charge is -2.24. The number of carbonyl (C=O) groups is 2. The van der Waals surface area contributed by atoms with Crippen LogP contribution in [0.1, 0.15) is 17.2 Å². The van der Waals surface area contributed by atoms with Crippen LogP contribution in [0.2, 0.25) is 5.02 Å². The summed E-state index contributed by atoms with van der Waals surface area (Å²) in [4.78, 5) is 47.8. The first-order valence-electron chi connectivity index (χ1n) is 10.7. The number of nitrogens with zero attached hydrogens (tertiary/aromatic N) is 4. The Bertz CT molecular complexity index is 1450. The molecule has 5 rings (SSSR count). The molecule has 174 valence electrons. The highest BCUT2D eigenvalue weighted by Crippen LogP contribution is 2.35. The minimum atomic E-state index is -0.832. The van der Waals surface area contributed by atoms with Gasteiger partial charge >= 0.3 is 6.03 Å². The number of rotatable bonds is 4. The molecule has 1 atom stereocenters. The van der Waals surface area contributed by atoms with Crippen LogP contribution in [0.4, 0.5) is 16.3 Å². The Balaban J connectivity index is 1.37. The van der Waals surface area contributed by atoms with Gasteiger partial charge in [0.2, 0.25) is 0 Å². The average molecular weight is 487 g/mol. The molecule has 0 bridgehead atoms. The van der Waals surface area contributed by atoms with Crippen LogP contribution in [0.5, 0.6) is 0 Å². The van der Waals surface area contributed by atoms with Gasteiger partial charge in [0, 0.05) is 36.5 Å². The van der Waals surface area contributed by atoms with Crippen molar-refractivity contribution in [3.63, 3.8) is 0 Å². The maximum Gasteiger partial charge on any atom is 0.324 e. The molecule has 2 aromatic carbocycles. The van der Waals surface area contributed by atoms with E-state index in [0.717, 1.165) is 11.1 Å². The lowest BCUT2D eigenvalue weighted by molar-refractivity contribution is -0.120. The largest absolute Gasteiger partial charge is 0.324 e. The maximum absolute atomic E-state index is 13.4. The molecule has 0 fully saturated rings. The molecule has 35 heavy (non-hydrogen) atoms. The predicted molar refractivity (Wildman–Crippen MR) is 131 cm³/mol. The van der Waals surface area contributed by atoms with Crippen molar-refractivity contribution in [2.45, 2.75) is 12.6 Å². The zero-order valence-corrected chi connectivity index (χ0v) is 19.0. The number of amides is 3. The number of anilines is 2. The first-order chi connectivity index (χ1) is 17.0. The molecule has 9 nitrogen and oxygen atoms in total. The van der Waals surface area contributed by atoms with Gasteiger partial charge in [-0.1, -0.05) is 35.9 Å². The fourth-order valence-corrected chi connectivity index (χ4v) is 4.08. The molecule has 0 unspecified atom stereocenters. The fraction of sp³-hybridized carbons (Fsp3) is 0.0800. The molecule has 0 radical (unpaired) electrons. The highest BCUT2D eigenvalue weighted by molar-refractivity contribution is 6.30. The van der Waals surface area contributed by atoms with Crippen LogP contribution in [-0.4, -0.2) is 31.4 Å². The van der Waals surface area contributed by atoms with E-state index in [-0.39, 0.29) is 18.0 Å². The maximum atomic E-state index is 13.4. The van der Waals surface area contributed by atoms with E-state index in [4.69, 9.17) is 11.6 Å². The zero-order valence-electron chi connectivity index (χ0n) is 18.3. The summed E-state index contributed by atoms with van der Waals surface area (Å²) < 4.78 is 1.45. The van der Waals surface area contributed by atoms with E-state index < -0.39 is 12.1 Å². The van der Waals surface area contributed by atoms with Crippen molar-refractivity contribution in [3.8, 4) is 5.69 Å². The van der Waals surface area contributed by atoms with Crippen molar-refractivity contribution in [1.82, 2.24) is 19.4 Å². The van der Waals surface area contributed by atoms with E-state index in [1.165, 1.54) is 28.1 Å². The van der Waals surface area contributed by atoms with Crippen LogP contribution in [0.25, 0.3) is 5.69 Å². The number of fused-ring (bicyclic) bond motifs is 1. The third-order valence-corrected chi connectivity index (χ3v) is 5.83. The first kappa shape index (κ1) is 22.3. The van der Waals surface area contributed by atoms with E-state index in [1.807, 2.05) is 24.3 Å². The number of halogens is 1. The number of urea groups is 1. The van der Waals surface area contributed by atoms with E-state index in [1.54, 1.807) is 42.6 Å². The molecular weight excluding hydrogens is 468 g/mol. The third kappa shape index (κ3) is 4.62. The Morgan fingerprint density at radius 2 is 1.77 bits per heavy atom. The number of hydrogen-bond donors (Lipinski definition) is 2. The number of hydrogen-bond acceptors (Lipinski definition) is 5. The molecule has 2 aromatic heterocycles. The minimum absolute atomic E-state index is 0.260. The summed E-state index contributed by atoms with van der Waals surface area (Å²) in [5, 5.41) is 6.06. The summed E-state index contributed by atoms with van der Waals surface area (Å²) >= 11 is 5.87. The van der Waals surface area contributed by atoms with Gasteiger partial charge in [0.1, 0.15) is 11.9 Å². The lowest BCUT2D eigenvalue weighted by atomic mass is 10.0. The normalized spacial score (nSPS) is 14.3. The second-order valence-electron chi connectivity index (χ2n) is 7.84. The van der Waals surface area contributed by atoms with E-state index in [0.29, 0.717) is 22.2 Å².